The summed E-state index contributed by atoms with van der Waals surface area (Å²) in [6, 6.07) is 3.43. The molecule has 1 aromatic heterocycles. The summed E-state index contributed by atoms with van der Waals surface area (Å²) in [5.41, 5.74) is 0.982. The summed E-state index contributed by atoms with van der Waals surface area (Å²) < 4.78 is 26.6. The third-order valence-corrected chi connectivity index (χ3v) is 4.47. The van der Waals surface area contributed by atoms with Crippen molar-refractivity contribution < 1.29 is 8.42 Å². The maximum atomic E-state index is 12.0. The minimum absolute atomic E-state index is 0.0817. The molecule has 5 nitrogen and oxygen atoms in total. The van der Waals surface area contributed by atoms with E-state index in [1.54, 1.807) is 18.3 Å². The molecule has 0 spiro atoms. The molecule has 0 amide bonds. The monoisotopic (exact) mass is 269 g/mol. The Morgan fingerprint density at radius 1 is 1.44 bits per heavy atom. The minimum Gasteiger partial charge on any atom is -0.313 e. The lowest BCUT2D eigenvalue weighted by Crippen LogP contribution is -2.27. The van der Waals surface area contributed by atoms with Crippen LogP contribution in [0.5, 0.6) is 0 Å². The molecule has 1 heterocycles. The van der Waals surface area contributed by atoms with Crippen LogP contribution in [0.25, 0.3) is 0 Å². The molecule has 2 N–H and O–H groups in total. The SMILES string of the molecule is CCNCc1ccc(S(=O)(=O)NC2CC2C)nc1. The molecule has 100 valence electrons. The van der Waals surface area contributed by atoms with Crippen molar-refractivity contribution in [2.45, 2.75) is 37.9 Å². The van der Waals surface area contributed by atoms with Gasteiger partial charge in [-0.15, -0.1) is 0 Å². The Labute approximate surface area is 108 Å². The van der Waals surface area contributed by atoms with Gasteiger partial charge < -0.3 is 5.32 Å². The second-order valence-electron chi connectivity index (χ2n) is 4.73. The smallest absolute Gasteiger partial charge is 0.258 e. The molecule has 1 aromatic rings. The summed E-state index contributed by atoms with van der Waals surface area (Å²) in [5, 5.41) is 3.26. The molecule has 0 aliphatic heterocycles. The van der Waals surface area contributed by atoms with Gasteiger partial charge in [0.15, 0.2) is 5.03 Å². The summed E-state index contributed by atoms with van der Waals surface area (Å²) in [4.78, 5) is 4.02. The number of nitrogens with zero attached hydrogens (tertiary/aromatic N) is 1. The Morgan fingerprint density at radius 3 is 2.67 bits per heavy atom. The van der Waals surface area contributed by atoms with Crippen molar-refractivity contribution in [2.24, 2.45) is 5.92 Å². The van der Waals surface area contributed by atoms with Crippen LogP contribution in [0.4, 0.5) is 0 Å². The average molecular weight is 269 g/mol. The zero-order valence-corrected chi connectivity index (χ0v) is 11.5. The van der Waals surface area contributed by atoms with E-state index in [2.05, 4.69) is 15.0 Å². The molecular formula is C12H19N3O2S. The first kappa shape index (κ1) is 13.5. The van der Waals surface area contributed by atoms with Gasteiger partial charge >= 0.3 is 0 Å². The first-order chi connectivity index (χ1) is 8.53. The molecule has 1 fully saturated rings. The highest BCUT2D eigenvalue weighted by Gasteiger charge is 2.36. The van der Waals surface area contributed by atoms with Gasteiger partial charge in [-0.05, 0) is 30.5 Å². The Morgan fingerprint density at radius 2 is 2.17 bits per heavy atom. The normalized spacial score (nSPS) is 23.0. The lowest BCUT2D eigenvalue weighted by atomic mass is 10.3. The molecule has 0 saturated heterocycles. The predicted octanol–water partition coefficient (Wildman–Crippen LogP) is 0.878. The Kier molecular flexibility index (Phi) is 3.99. The molecule has 18 heavy (non-hydrogen) atoms. The van der Waals surface area contributed by atoms with E-state index in [9.17, 15) is 8.42 Å². The van der Waals surface area contributed by atoms with Gasteiger partial charge in [0.25, 0.3) is 10.0 Å². The maximum absolute atomic E-state index is 12.0. The molecular weight excluding hydrogens is 250 g/mol. The second-order valence-corrected chi connectivity index (χ2v) is 6.39. The van der Waals surface area contributed by atoms with Crippen molar-refractivity contribution in [2.75, 3.05) is 6.54 Å². The second kappa shape index (κ2) is 5.34. The quantitative estimate of drug-likeness (QED) is 0.804. The molecule has 2 rings (SSSR count). The van der Waals surface area contributed by atoms with Gasteiger partial charge in [-0.25, -0.2) is 18.1 Å². The van der Waals surface area contributed by atoms with Crippen LogP contribution < -0.4 is 10.0 Å². The topological polar surface area (TPSA) is 71.1 Å². The standard InChI is InChI=1S/C12H19N3O2S/c1-3-13-7-10-4-5-12(14-8-10)18(16,17)15-11-6-9(11)2/h4-5,8-9,11,13,15H,3,6-7H2,1-2H3. The van der Waals surface area contributed by atoms with Crippen molar-refractivity contribution in [3.63, 3.8) is 0 Å². The Balaban J connectivity index is 2.03. The fourth-order valence-corrected chi connectivity index (χ4v) is 2.98. The van der Waals surface area contributed by atoms with Gasteiger partial charge in [0.2, 0.25) is 0 Å². The summed E-state index contributed by atoms with van der Waals surface area (Å²) in [7, 11) is -3.45. The van der Waals surface area contributed by atoms with E-state index in [0.29, 0.717) is 12.5 Å². The number of hydrogen-bond acceptors (Lipinski definition) is 4. The zero-order chi connectivity index (χ0) is 13.2. The molecule has 2 unspecified atom stereocenters. The molecule has 0 bridgehead atoms. The number of nitrogens with one attached hydrogen (secondary N) is 2. The van der Waals surface area contributed by atoms with Crippen LogP contribution in [-0.4, -0.2) is 26.0 Å². The van der Waals surface area contributed by atoms with Crippen molar-refractivity contribution in [1.29, 1.82) is 0 Å². The number of sulfonamides is 1. The van der Waals surface area contributed by atoms with E-state index in [1.807, 2.05) is 13.8 Å². The summed E-state index contributed by atoms with van der Waals surface area (Å²) in [6.45, 7) is 5.63. The molecule has 2 atom stereocenters. The highest BCUT2D eigenvalue weighted by molar-refractivity contribution is 7.89. The minimum atomic E-state index is -3.45. The maximum Gasteiger partial charge on any atom is 0.258 e. The molecule has 1 aliphatic carbocycles. The number of rotatable bonds is 6. The van der Waals surface area contributed by atoms with E-state index in [1.165, 1.54) is 0 Å². The molecule has 1 saturated carbocycles. The number of aromatic nitrogens is 1. The molecule has 6 heteroatoms. The van der Waals surface area contributed by atoms with Gasteiger partial charge in [-0.3, -0.25) is 0 Å². The average Bonchev–Trinajstić information content (AvgIpc) is 3.02. The Bertz CT molecular complexity index is 499. The zero-order valence-electron chi connectivity index (χ0n) is 10.7. The van der Waals surface area contributed by atoms with E-state index in [-0.39, 0.29) is 11.1 Å². The Hall–Kier alpha value is -0.980. The molecule has 1 aliphatic rings. The van der Waals surface area contributed by atoms with E-state index >= 15 is 0 Å². The van der Waals surface area contributed by atoms with Gasteiger partial charge in [0.1, 0.15) is 0 Å². The van der Waals surface area contributed by atoms with Gasteiger partial charge in [0, 0.05) is 18.8 Å². The van der Waals surface area contributed by atoms with E-state index in [0.717, 1.165) is 18.5 Å². The highest BCUT2D eigenvalue weighted by Crippen LogP contribution is 2.30. The lowest BCUT2D eigenvalue weighted by molar-refractivity contribution is 0.574. The first-order valence-corrected chi connectivity index (χ1v) is 7.69. The van der Waals surface area contributed by atoms with Crippen molar-refractivity contribution in [1.82, 2.24) is 15.0 Å². The van der Waals surface area contributed by atoms with Gasteiger partial charge in [-0.2, -0.15) is 0 Å². The van der Waals surface area contributed by atoms with Crippen LogP contribution in [0.15, 0.2) is 23.4 Å². The van der Waals surface area contributed by atoms with Crippen LogP contribution in [0.1, 0.15) is 25.8 Å². The summed E-state index contributed by atoms with van der Waals surface area (Å²) in [5.74, 6) is 0.438. The lowest BCUT2D eigenvalue weighted by Gasteiger charge is -2.06. The fourth-order valence-electron chi connectivity index (χ4n) is 1.69. The third-order valence-electron chi connectivity index (χ3n) is 3.07. The largest absolute Gasteiger partial charge is 0.313 e. The third kappa shape index (κ3) is 3.28. The fraction of sp³-hybridized carbons (Fsp3) is 0.583. The van der Waals surface area contributed by atoms with Crippen LogP contribution in [0.2, 0.25) is 0 Å². The summed E-state index contributed by atoms with van der Waals surface area (Å²) in [6.07, 6.45) is 2.52. The first-order valence-electron chi connectivity index (χ1n) is 6.21. The van der Waals surface area contributed by atoms with Crippen LogP contribution in [-0.2, 0) is 16.6 Å². The number of hydrogen-bond donors (Lipinski definition) is 2. The van der Waals surface area contributed by atoms with Gasteiger partial charge in [0.05, 0.1) is 0 Å². The van der Waals surface area contributed by atoms with Gasteiger partial charge in [-0.1, -0.05) is 19.9 Å². The van der Waals surface area contributed by atoms with E-state index in [4.69, 9.17) is 0 Å². The number of pyridine rings is 1. The van der Waals surface area contributed by atoms with Crippen molar-refractivity contribution >= 4 is 10.0 Å². The highest BCUT2D eigenvalue weighted by atomic mass is 32.2. The van der Waals surface area contributed by atoms with E-state index < -0.39 is 10.0 Å². The summed E-state index contributed by atoms with van der Waals surface area (Å²) >= 11 is 0. The van der Waals surface area contributed by atoms with Crippen LogP contribution >= 0.6 is 0 Å². The molecule has 0 radical (unpaired) electrons. The molecule has 0 aromatic carbocycles. The van der Waals surface area contributed by atoms with Crippen molar-refractivity contribution in [3.8, 4) is 0 Å². The van der Waals surface area contributed by atoms with Crippen LogP contribution in [0.3, 0.4) is 0 Å². The predicted molar refractivity (Wildman–Crippen MR) is 69.5 cm³/mol. The van der Waals surface area contributed by atoms with Crippen LogP contribution in [0, 0.1) is 5.92 Å². The van der Waals surface area contributed by atoms with Crippen molar-refractivity contribution in [3.05, 3.63) is 23.9 Å².